The average molecular weight is 309 g/mol. The first kappa shape index (κ1) is 15.2. The summed E-state index contributed by atoms with van der Waals surface area (Å²) < 4.78 is 7.12. The molecule has 0 bridgehead atoms. The van der Waals surface area contributed by atoms with E-state index >= 15 is 0 Å². The van der Waals surface area contributed by atoms with E-state index in [1.165, 1.54) is 17.6 Å². The molecule has 0 saturated carbocycles. The summed E-state index contributed by atoms with van der Waals surface area (Å²) in [5.74, 6) is 0. The van der Waals surface area contributed by atoms with Crippen LogP contribution in [-0.4, -0.2) is 61.1 Å². The van der Waals surface area contributed by atoms with Gasteiger partial charge in [-0.2, -0.15) is 5.10 Å². The van der Waals surface area contributed by atoms with Crippen LogP contribution in [0.25, 0.3) is 5.52 Å². The molecule has 3 heterocycles. The Hall–Kier alpha value is -1.71. The molecule has 0 radical (unpaired) electrons. The number of aliphatic hydroxyl groups is 4. The zero-order valence-electron chi connectivity index (χ0n) is 12.0. The first-order valence-corrected chi connectivity index (χ1v) is 6.91. The number of ether oxygens (including phenoxy) is 1. The van der Waals surface area contributed by atoms with E-state index in [4.69, 9.17) is 10.5 Å². The van der Waals surface area contributed by atoms with Gasteiger partial charge in [-0.15, -0.1) is 0 Å². The Balaban J connectivity index is 2.24. The summed E-state index contributed by atoms with van der Waals surface area (Å²) in [4.78, 5) is 0. The third kappa shape index (κ3) is 1.73. The highest BCUT2D eigenvalue weighted by Gasteiger charge is 2.64. The van der Waals surface area contributed by atoms with E-state index in [0.717, 1.165) is 0 Å². The number of fused-ring (bicyclic) bond motifs is 1. The first-order valence-electron chi connectivity index (χ1n) is 6.91. The Morgan fingerprint density at radius 2 is 2.09 bits per heavy atom. The average Bonchev–Trinajstić information content (AvgIpc) is 3.01. The third-order valence-electron chi connectivity index (χ3n) is 4.50. The second kappa shape index (κ2) is 4.90. The van der Waals surface area contributed by atoms with Gasteiger partial charge in [-0.1, -0.05) is 0 Å². The van der Waals surface area contributed by atoms with Crippen LogP contribution in [0.1, 0.15) is 12.6 Å². The fraction of sp³-hybridized carbons (Fsp3) is 0.500. The van der Waals surface area contributed by atoms with Crippen LogP contribution in [0, 0.1) is 0 Å². The Labute approximate surface area is 126 Å². The maximum absolute atomic E-state index is 10.8. The molecule has 6 N–H and O–H groups in total. The van der Waals surface area contributed by atoms with E-state index in [0.29, 0.717) is 16.9 Å². The molecule has 2 aromatic heterocycles. The number of nitrogens with zero attached hydrogens (tertiary/aromatic N) is 2. The molecule has 1 saturated heterocycles. The largest absolute Gasteiger partial charge is 0.397 e. The molecule has 1 fully saturated rings. The number of hydrogen-bond donors (Lipinski definition) is 5. The monoisotopic (exact) mass is 309 g/mol. The molecule has 8 nitrogen and oxygen atoms in total. The standard InChI is InChI=1S/C14H19N3O5/c1-13(21)12(20)10(6-18)22-14(13,7-19)11-3-2-9-8(15)4-5-16-17(9)11/h2-5,10,12,18-21H,6-7,15H2,1H3/t10-,12-,13-,14+/m1/s1. The van der Waals surface area contributed by atoms with E-state index in [-0.39, 0.29) is 0 Å². The normalized spacial score (nSPS) is 35.3. The molecule has 22 heavy (non-hydrogen) atoms. The van der Waals surface area contributed by atoms with Crippen LogP contribution in [0.3, 0.4) is 0 Å². The number of nitrogens with two attached hydrogens (primary N) is 1. The summed E-state index contributed by atoms with van der Waals surface area (Å²) >= 11 is 0. The maximum atomic E-state index is 10.8. The van der Waals surface area contributed by atoms with Crippen molar-refractivity contribution in [2.24, 2.45) is 0 Å². The van der Waals surface area contributed by atoms with Gasteiger partial charge in [0.05, 0.1) is 30.1 Å². The summed E-state index contributed by atoms with van der Waals surface area (Å²) in [5.41, 5.74) is 3.84. The number of hydrogen-bond acceptors (Lipinski definition) is 7. The lowest BCUT2D eigenvalue weighted by molar-refractivity contribution is -0.167. The summed E-state index contributed by atoms with van der Waals surface area (Å²) in [6.45, 7) is 0.267. The van der Waals surface area contributed by atoms with Crippen LogP contribution in [0.15, 0.2) is 24.4 Å². The smallest absolute Gasteiger partial charge is 0.164 e. The topological polar surface area (TPSA) is 133 Å². The zero-order valence-corrected chi connectivity index (χ0v) is 12.0. The second-order valence-electron chi connectivity index (χ2n) is 5.72. The van der Waals surface area contributed by atoms with Crippen LogP contribution < -0.4 is 5.73 Å². The molecule has 0 aromatic carbocycles. The Morgan fingerprint density at radius 1 is 1.36 bits per heavy atom. The molecule has 0 spiro atoms. The Bertz CT molecular complexity index is 701. The SMILES string of the molecule is C[C@@]1(O)[C@H](O)[C@@H](CO)O[C@@]1(CO)c1ccc2c(N)ccnn12. The van der Waals surface area contributed by atoms with Gasteiger partial charge in [-0.05, 0) is 25.1 Å². The van der Waals surface area contributed by atoms with Crippen LogP contribution in [0.5, 0.6) is 0 Å². The highest BCUT2D eigenvalue weighted by Crippen LogP contribution is 2.47. The molecule has 2 aromatic rings. The van der Waals surface area contributed by atoms with Crippen LogP contribution in [0.2, 0.25) is 0 Å². The van der Waals surface area contributed by atoms with Crippen molar-refractivity contribution in [3.05, 3.63) is 30.1 Å². The molecule has 4 atom stereocenters. The van der Waals surface area contributed by atoms with Crippen molar-refractivity contribution in [3.8, 4) is 0 Å². The van der Waals surface area contributed by atoms with Gasteiger partial charge in [0.1, 0.15) is 17.8 Å². The van der Waals surface area contributed by atoms with Crippen LogP contribution in [0.4, 0.5) is 5.69 Å². The molecular formula is C14H19N3O5. The fourth-order valence-corrected chi connectivity index (χ4v) is 3.12. The quantitative estimate of drug-likeness (QED) is 0.471. The van der Waals surface area contributed by atoms with E-state index in [9.17, 15) is 20.4 Å². The van der Waals surface area contributed by atoms with Crippen LogP contribution >= 0.6 is 0 Å². The molecule has 8 heteroatoms. The fourth-order valence-electron chi connectivity index (χ4n) is 3.12. The molecule has 0 aliphatic carbocycles. The zero-order chi connectivity index (χ0) is 16.1. The van der Waals surface area contributed by atoms with E-state index < -0.39 is 36.6 Å². The van der Waals surface area contributed by atoms with Crippen molar-refractivity contribution >= 4 is 11.2 Å². The van der Waals surface area contributed by atoms with Gasteiger partial charge in [-0.3, -0.25) is 0 Å². The minimum Gasteiger partial charge on any atom is -0.397 e. The number of aliphatic hydroxyl groups excluding tert-OH is 3. The molecule has 1 aliphatic rings. The van der Waals surface area contributed by atoms with E-state index in [2.05, 4.69) is 5.10 Å². The molecule has 0 unspecified atom stereocenters. The van der Waals surface area contributed by atoms with Crippen molar-refractivity contribution in [1.29, 1.82) is 0 Å². The van der Waals surface area contributed by atoms with Crippen molar-refractivity contribution < 1.29 is 25.2 Å². The number of nitrogen functional groups attached to an aromatic ring is 1. The van der Waals surface area contributed by atoms with Gasteiger partial charge in [0.15, 0.2) is 5.60 Å². The second-order valence-corrected chi connectivity index (χ2v) is 5.72. The van der Waals surface area contributed by atoms with Crippen molar-refractivity contribution in [2.75, 3.05) is 18.9 Å². The van der Waals surface area contributed by atoms with Gasteiger partial charge in [0.25, 0.3) is 0 Å². The van der Waals surface area contributed by atoms with E-state index in [1.807, 2.05) is 0 Å². The van der Waals surface area contributed by atoms with Crippen molar-refractivity contribution in [3.63, 3.8) is 0 Å². The Kier molecular flexibility index (Phi) is 3.38. The summed E-state index contributed by atoms with van der Waals surface area (Å²) in [6, 6.07) is 4.94. The maximum Gasteiger partial charge on any atom is 0.164 e. The number of anilines is 1. The number of rotatable bonds is 3. The lowest BCUT2D eigenvalue weighted by Gasteiger charge is -2.37. The van der Waals surface area contributed by atoms with E-state index in [1.54, 1.807) is 18.2 Å². The molecule has 3 rings (SSSR count). The lowest BCUT2D eigenvalue weighted by Crippen LogP contribution is -2.55. The van der Waals surface area contributed by atoms with Gasteiger partial charge in [0, 0.05) is 6.20 Å². The lowest BCUT2D eigenvalue weighted by atomic mass is 9.80. The minimum atomic E-state index is -1.82. The molecule has 120 valence electrons. The van der Waals surface area contributed by atoms with Gasteiger partial charge >= 0.3 is 0 Å². The third-order valence-corrected chi connectivity index (χ3v) is 4.50. The minimum absolute atomic E-state index is 0.345. The first-order chi connectivity index (χ1) is 10.4. The predicted octanol–water partition coefficient (Wildman–Crippen LogP) is -1.39. The summed E-state index contributed by atoms with van der Waals surface area (Å²) in [6.07, 6.45) is -0.898. The van der Waals surface area contributed by atoms with Gasteiger partial charge in [0.2, 0.25) is 0 Å². The van der Waals surface area contributed by atoms with Crippen molar-refractivity contribution in [2.45, 2.75) is 30.3 Å². The highest BCUT2D eigenvalue weighted by atomic mass is 16.6. The molecule has 0 amide bonds. The van der Waals surface area contributed by atoms with Crippen molar-refractivity contribution in [1.82, 2.24) is 9.61 Å². The predicted molar refractivity (Wildman–Crippen MR) is 77.0 cm³/mol. The van der Waals surface area contributed by atoms with Crippen LogP contribution in [-0.2, 0) is 10.3 Å². The summed E-state index contributed by atoms with van der Waals surface area (Å²) in [7, 11) is 0. The number of aromatic nitrogens is 2. The molecule has 1 aliphatic heterocycles. The summed E-state index contributed by atoms with van der Waals surface area (Å²) in [5, 5.41) is 44.4. The van der Waals surface area contributed by atoms with Gasteiger partial charge < -0.3 is 30.9 Å². The van der Waals surface area contributed by atoms with Gasteiger partial charge in [-0.25, -0.2) is 4.52 Å². The molecular weight excluding hydrogens is 290 g/mol. The highest BCUT2D eigenvalue weighted by molar-refractivity contribution is 5.69. The Morgan fingerprint density at radius 3 is 2.68 bits per heavy atom.